The predicted molar refractivity (Wildman–Crippen MR) is 45.8 cm³/mol. The molecule has 0 aliphatic carbocycles. The second kappa shape index (κ2) is 5.47. The Morgan fingerprint density at radius 3 is 2.25 bits per heavy atom. The minimum atomic E-state index is -3.67. The molecule has 0 aromatic carbocycles. The van der Waals surface area contributed by atoms with Crippen molar-refractivity contribution in [2.45, 2.75) is 13.0 Å². The summed E-state index contributed by atoms with van der Waals surface area (Å²) >= 11 is 0. The molecule has 1 aliphatic heterocycles. The van der Waals surface area contributed by atoms with E-state index in [0.29, 0.717) is 12.4 Å². The van der Waals surface area contributed by atoms with E-state index in [1.807, 2.05) is 0 Å². The van der Waals surface area contributed by atoms with Crippen LogP contribution in [0.4, 0.5) is 0 Å². The maximum absolute atomic E-state index is 9.19. The van der Waals surface area contributed by atoms with Crippen molar-refractivity contribution in [1.29, 1.82) is 0 Å². The first-order valence-electron chi connectivity index (χ1n) is 3.64. The molecule has 1 unspecified atom stereocenters. The first-order chi connectivity index (χ1) is 5.39. The number of morpholine rings is 1. The zero-order valence-corrected chi connectivity index (χ0v) is 8.10. The van der Waals surface area contributed by atoms with Crippen molar-refractivity contribution in [2.75, 3.05) is 26.0 Å². The SMILES string of the molecule is CC1CNCCO1.CS(=O)(=O)O. The number of hydrogen-bond donors (Lipinski definition) is 2. The Balaban J connectivity index is 0.000000217. The summed E-state index contributed by atoms with van der Waals surface area (Å²) in [5.74, 6) is 0. The summed E-state index contributed by atoms with van der Waals surface area (Å²) < 4.78 is 31.1. The second-order valence-corrected chi connectivity index (χ2v) is 4.08. The van der Waals surface area contributed by atoms with Gasteiger partial charge >= 0.3 is 0 Å². The van der Waals surface area contributed by atoms with Gasteiger partial charge < -0.3 is 10.1 Å². The van der Waals surface area contributed by atoms with E-state index in [1.165, 1.54) is 0 Å². The molecule has 0 aromatic rings. The summed E-state index contributed by atoms with van der Waals surface area (Å²) in [4.78, 5) is 0. The molecule has 6 heteroatoms. The van der Waals surface area contributed by atoms with Gasteiger partial charge in [0.2, 0.25) is 0 Å². The molecule has 0 spiro atoms. The van der Waals surface area contributed by atoms with E-state index < -0.39 is 10.1 Å². The van der Waals surface area contributed by atoms with E-state index in [-0.39, 0.29) is 0 Å². The lowest BCUT2D eigenvalue weighted by Gasteiger charge is -2.18. The molecule has 5 nitrogen and oxygen atoms in total. The zero-order valence-electron chi connectivity index (χ0n) is 7.28. The maximum Gasteiger partial charge on any atom is 0.261 e. The molecule has 1 fully saturated rings. The molecule has 1 atom stereocenters. The first-order valence-corrected chi connectivity index (χ1v) is 5.49. The Morgan fingerprint density at radius 1 is 1.58 bits per heavy atom. The minimum absolute atomic E-state index is 0.425. The van der Waals surface area contributed by atoms with Crippen LogP contribution in [0.1, 0.15) is 6.92 Å². The van der Waals surface area contributed by atoms with Gasteiger partial charge in [-0.25, -0.2) is 0 Å². The van der Waals surface area contributed by atoms with Gasteiger partial charge in [0.1, 0.15) is 0 Å². The van der Waals surface area contributed by atoms with E-state index in [1.54, 1.807) is 0 Å². The topological polar surface area (TPSA) is 75.6 Å². The Bertz CT molecular complexity index is 188. The number of rotatable bonds is 0. The van der Waals surface area contributed by atoms with Gasteiger partial charge in [-0.2, -0.15) is 8.42 Å². The van der Waals surface area contributed by atoms with Crippen molar-refractivity contribution in [3.05, 3.63) is 0 Å². The van der Waals surface area contributed by atoms with Crippen LogP contribution in [0.25, 0.3) is 0 Å². The van der Waals surface area contributed by atoms with Crippen LogP contribution in [0, 0.1) is 0 Å². The molecule has 1 rings (SSSR count). The fraction of sp³-hybridized carbons (Fsp3) is 1.00. The van der Waals surface area contributed by atoms with Gasteiger partial charge in [0.25, 0.3) is 10.1 Å². The van der Waals surface area contributed by atoms with Crippen LogP contribution in [0.2, 0.25) is 0 Å². The van der Waals surface area contributed by atoms with E-state index >= 15 is 0 Å². The van der Waals surface area contributed by atoms with Gasteiger partial charge in [0.05, 0.1) is 19.0 Å². The minimum Gasteiger partial charge on any atom is -0.376 e. The summed E-state index contributed by atoms with van der Waals surface area (Å²) in [7, 11) is -3.67. The summed E-state index contributed by atoms with van der Waals surface area (Å²) in [5.41, 5.74) is 0. The van der Waals surface area contributed by atoms with Crippen molar-refractivity contribution >= 4 is 10.1 Å². The van der Waals surface area contributed by atoms with Crippen molar-refractivity contribution < 1.29 is 17.7 Å². The highest BCUT2D eigenvalue weighted by atomic mass is 32.2. The normalized spacial score (nSPS) is 24.1. The fourth-order valence-electron chi connectivity index (χ4n) is 0.697. The maximum atomic E-state index is 9.19. The average molecular weight is 197 g/mol. The lowest BCUT2D eigenvalue weighted by Crippen LogP contribution is -2.36. The standard InChI is InChI=1S/C5H11NO.CH4O3S/c1-5-4-6-2-3-7-5;1-5(2,3)4/h5-6H,2-4H2,1H3;1H3,(H,2,3,4). The molecular formula is C6H15NO4S. The van der Waals surface area contributed by atoms with E-state index in [4.69, 9.17) is 9.29 Å². The Hall–Kier alpha value is -0.170. The van der Waals surface area contributed by atoms with E-state index in [9.17, 15) is 8.42 Å². The lowest BCUT2D eigenvalue weighted by atomic mass is 10.3. The third kappa shape index (κ3) is 12.5. The average Bonchev–Trinajstić information content (AvgIpc) is 1.85. The molecule has 0 aromatic heterocycles. The molecular weight excluding hydrogens is 182 g/mol. The summed E-state index contributed by atoms with van der Waals surface area (Å²) in [6.45, 7) is 4.98. The molecule has 0 saturated carbocycles. The molecule has 12 heavy (non-hydrogen) atoms. The van der Waals surface area contributed by atoms with E-state index in [2.05, 4.69) is 12.2 Å². The third-order valence-corrected chi connectivity index (χ3v) is 1.11. The quantitative estimate of drug-likeness (QED) is 0.512. The van der Waals surface area contributed by atoms with Crippen molar-refractivity contribution in [3.63, 3.8) is 0 Å². The van der Waals surface area contributed by atoms with E-state index in [0.717, 1.165) is 19.7 Å². The number of ether oxygens (including phenoxy) is 1. The van der Waals surface area contributed by atoms with Gasteiger partial charge in [-0.15, -0.1) is 0 Å². The molecule has 0 radical (unpaired) electrons. The Labute approximate surface area is 72.9 Å². The number of hydrogen-bond acceptors (Lipinski definition) is 4. The van der Waals surface area contributed by atoms with Crippen LogP contribution in [-0.4, -0.2) is 45.0 Å². The first kappa shape index (κ1) is 11.8. The zero-order chi connectivity index (χ0) is 9.61. The molecule has 2 N–H and O–H groups in total. The van der Waals surface area contributed by atoms with Gasteiger partial charge in [0.15, 0.2) is 0 Å². The van der Waals surface area contributed by atoms with Gasteiger partial charge in [-0.05, 0) is 6.92 Å². The Morgan fingerprint density at radius 2 is 2.08 bits per heavy atom. The molecule has 1 saturated heterocycles. The Kier molecular flexibility index (Phi) is 5.39. The van der Waals surface area contributed by atoms with Crippen LogP contribution >= 0.6 is 0 Å². The van der Waals surface area contributed by atoms with Gasteiger partial charge in [0, 0.05) is 13.1 Å². The van der Waals surface area contributed by atoms with Crippen molar-refractivity contribution in [3.8, 4) is 0 Å². The second-order valence-electron chi connectivity index (χ2n) is 2.62. The summed E-state index contributed by atoms with van der Waals surface area (Å²) in [5, 5.41) is 3.21. The van der Waals surface area contributed by atoms with Crippen LogP contribution in [-0.2, 0) is 14.9 Å². The monoisotopic (exact) mass is 197 g/mol. The highest BCUT2D eigenvalue weighted by Gasteiger charge is 2.04. The molecule has 1 aliphatic rings. The van der Waals surface area contributed by atoms with Gasteiger partial charge in [-0.3, -0.25) is 4.55 Å². The lowest BCUT2D eigenvalue weighted by molar-refractivity contribution is 0.0410. The highest BCUT2D eigenvalue weighted by molar-refractivity contribution is 7.85. The fourth-order valence-corrected chi connectivity index (χ4v) is 0.697. The van der Waals surface area contributed by atoms with Crippen LogP contribution in [0.5, 0.6) is 0 Å². The molecule has 0 bridgehead atoms. The summed E-state index contributed by atoms with van der Waals surface area (Å²) in [6, 6.07) is 0. The molecule has 74 valence electrons. The predicted octanol–water partition coefficient (Wildman–Crippen LogP) is -0.501. The van der Waals surface area contributed by atoms with Crippen LogP contribution in [0.15, 0.2) is 0 Å². The van der Waals surface area contributed by atoms with Crippen molar-refractivity contribution in [2.24, 2.45) is 0 Å². The summed E-state index contributed by atoms with van der Waals surface area (Å²) in [6.07, 6.45) is 1.14. The highest BCUT2D eigenvalue weighted by Crippen LogP contribution is 1.91. The van der Waals surface area contributed by atoms with Crippen LogP contribution < -0.4 is 5.32 Å². The third-order valence-electron chi connectivity index (χ3n) is 1.11. The smallest absolute Gasteiger partial charge is 0.261 e. The molecule has 0 amide bonds. The van der Waals surface area contributed by atoms with Gasteiger partial charge in [-0.1, -0.05) is 0 Å². The van der Waals surface area contributed by atoms with Crippen molar-refractivity contribution in [1.82, 2.24) is 5.32 Å². The number of nitrogens with one attached hydrogen (secondary N) is 1. The van der Waals surface area contributed by atoms with Crippen LogP contribution in [0.3, 0.4) is 0 Å². The largest absolute Gasteiger partial charge is 0.376 e. The molecule has 1 heterocycles.